The van der Waals surface area contributed by atoms with Crippen LogP contribution in [0, 0.1) is 0 Å². The van der Waals surface area contributed by atoms with Crippen LogP contribution in [0.15, 0.2) is 4.52 Å². The van der Waals surface area contributed by atoms with Gasteiger partial charge in [-0.05, 0) is 19.3 Å². The molecule has 100 valence electrons. The molecule has 2 heterocycles. The van der Waals surface area contributed by atoms with Gasteiger partial charge in [0.1, 0.15) is 6.10 Å². The molecule has 5 heteroatoms. The third-order valence-corrected chi connectivity index (χ3v) is 4.35. The van der Waals surface area contributed by atoms with E-state index in [4.69, 9.17) is 9.26 Å². The standard InChI is InChI=1S/C13H21N3O2/c1-2-13(5-3-4-6-13)12-15-11(16-18-12)10-9-14-7-8-17-10/h10,14H,2-9H2,1H3. The lowest BCUT2D eigenvalue weighted by molar-refractivity contribution is 0.0208. The van der Waals surface area contributed by atoms with Gasteiger partial charge in [-0.2, -0.15) is 4.98 Å². The van der Waals surface area contributed by atoms with E-state index in [0.29, 0.717) is 12.4 Å². The second-order valence-corrected chi connectivity index (χ2v) is 5.36. The lowest BCUT2D eigenvalue weighted by atomic mass is 9.83. The quantitative estimate of drug-likeness (QED) is 0.889. The van der Waals surface area contributed by atoms with Crippen LogP contribution in [0.3, 0.4) is 0 Å². The number of nitrogens with zero attached hydrogens (tertiary/aromatic N) is 2. The number of ether oxygens (including phenoxy) is 1. The van der Waals surface area contributed by atoms with Crippen LogP contribution in [0.25, 0.3) is 0 Å². The molecule has 18 heavy (non-hydrogen) atoms. The molecule has 1 atom stereocenters. The van der Waals surface area contributed by atoms with Gasteiger partial charge in [-0.25, -0.2) is 0 Å². The molecular weight excluding hydrogens is 230 g/mol. The average molecular weight is 251 g/mol. The molecule has 2 fully saturated rings. The molecule has 1 aromatic heterocycles. The number of morpholine rings is 1. The van der Waals surface area contributed by atoms with Crippen molar-refractivity contribution in [3.63, 3.8) is 0 Å². The summed E-state index contributed by atoms with van der Waals surface area (Å²) in [7, 11) is 0. The van der Waals surface area contributed by atoms with Gasteiger partial charge < -0.3 is 14.6 Å². The predicted octanol–water partition coefficient (Wildman–Crippen LogP) is 1.95. The largest absolute Gasteiger partial charge is 0.367 e. The first-order chi connectivity index (χ1) is 8.84. The highest BCUT2D eigenvalue weighted by Crippen LogP contribution is 2.43. The molecule has 1 aliphatic carbocycles. The lowest BCUT2D eigenvalue weighted by Gasteiger charge is -2.22. The van der Waals surface area contributed by atoms with Crippen LogP contribution in [-0.4, -0.2) is 29.8 Å². The molecule has 3 rings (SSSR count). The molecule has 1 N–H and O–H groups in total. The van der Waals surface area contributed by atoms with Gasteiger partial charge in [0.25, 0.3) is 0 Å². The minimum Gasteiger partial charge on any atom is -0.367 e. The summed E-state index contributed by atoms with van der Waals surface area (Å²) in [5.41, 5.74) is 0.132. The number of rotatable bonds is 3. The number of aromatic nitrogens is 2. The van der Waals surface area contributed by atoms with Crippen molar-refractivity contribution >= 4 is 0 Å². The summed E-state index contributed by atoms with van der Waals surface area (Å²) in [5.74, 6) is 1.53. The highest BCUT2D eigenvalue weighted by atomic mass is 16.5. The summed E-state index contributed by atoms with van der Waals surface area (Å²) in [6, 6.07) is 0. The Morgan fingerprint density at radius 2 is 2.22 bits per heavy atom. The van der Waals surface area contributed by atoms with Crippen molar-refractivity contribution in [2.24, 2.45) is 0 Å². The summed E-state index contributed by atoms with van der Waals surface area (Å²) in [6.45, 7) is 4.61. The molecule has 5 nitrogen and oxygen atoms in total. The van der Waals surface area contributed by atoms with Gasteiger partial charge in [0.05, 0.1) is 6.61 Å². The van der Waals surface area contributed by atoms with Gasteiger partial charge in [-0.3, -0.25) is 0 Å². The molecule has 1 saturated carbocycles. The van der Waals surface area contributed by atoms with Crippen LogP contribution in [0.4, 0.5) is 0 Å². The van der Waals surface area contributed by atoms with Gasteiger partial charge in [-0.15, -0.1) is 0 Å². The first-order valence-corrected chi connectivity index (χ1v) is 7.00. The Hall–Kier alpha value is -0.940. The van der Waals surface area contributed by atoms with Gasteiger partial charge in [0, 0.05) is 18.5 Å². The summed E-state index contributed by atoms with van der Waals surface area (Å²) in [6.07, 6.45) is 5.93. The summed E-state index contributed by atoms with van der Waals surface area (Å²) >= 11 is 0. The van der Waals surface area contributed by atoms with E-state index in [9.17, 15) is 0 Å². The van der Waals surface area contributed by atoms with Gasteiger partial charge in [0.15, 0.2) is 0 Å². The van der Waals surface area contributed by atoms with Crippen molar-refractivity contribution in [1.82, 2.24) is 15.5 Å². The van der Waals surface area contributed by atoms with Gasteiger partial charge >= 0.3 is 0 Å². The van der Waals surface area contributed by atoms with E-state index in [1.54, 1.807) is 0 Å². The molecule has 0 bridgehead atoms. The molecule has 1 saturated heterocycles. The van der Waals surface area contributed by atoms with Crippen LogP contribution in [0.2, 0.25) is 0 Å². The van der Waals surface area contributed by atoms with Crippen molar-refractivity contribution in [3.05, 3.63) is 11.7 Å². The normalized spacial score (nSPS) is 27.5. The Morgan fingerprint density at radius 3 is 2.89 bits per heavy atom. The van der Waals surface area contributed by atoms with Crippen molar-refractivity contribution in [3.8, 4) is 0 Å². The Labute approximate surface area is 107 Å². The Morgan fingerprint density at radius 1 is 1.39 bits per heavy atom. The van der Waals surface area contributed by atoms with E-state index in [1.165, 1.54) is 25.7 Å². The van der Waals surface area contributed by atoms with Crippen LogP contribution >= 0.6 is 0 Å². The molecule has 1 aliphatic heterocycles. The SMILES string of the molecule is CCC1(c2nc(C3CNCCO3)no2)CCCC1. The van der Waals surface area contributed by atoms with Gasteiger partial charge in [0.2, 0.25) is 11.7 Å². The highest BCUT2D eigenvalue weighted by molar-refractivity contribution is 5.08. The van der Waals surface area contributed by atoms with Crippen molar-refractivity contribution in [2.45, 2.75) is 50.5 Å². The molecule has 1 unspecified atom stereocenters. The highest BCUT2D eigenvalue weighted by Gasteiger charge is 2.39. The van der Waals surface area contributed by atoms with Crippen LogP contribution in [0.5, 0.6) is 0 Å². The number of hydrogen-bond donors (Lipinski definition) is 1. The molecule has 2 aliphatic rings. The smallest absolute Gasteiger partial charge is 0.232 e. The fourth-order valence-corrected chi connectivity index (χ4v) is 3.08. The molecule has 0 aromatic carbocycles. The first-order valence-electron chi connectivity index (χ1n) is 7.00. The maximum Gasteiger partial charge on any atom is 0.232 e. The first kappa shape index (κ1) is 12.1. The second kappa shape index (κ2) is 4.97. The van der Waals surface area contributed by atoms with E-state index >= 15 is 0 Å². The summed E-state index contributed by atoms with van der Waals surface area (Å²) < 4.78 is 11.2. The minimum atomic E-state index is -0.0495. The topological polar surface area (TPSA) is 60.2 Å². The summed E-state index contributed by atoms with van der Waals surface area (Å²) in [4.78, 5) is 4.62. The molecular formula is C13H21N3O2. The second-order valence-electron chi connectivity index (χ2n) is 5.36. The minimum absolute atomic E-state index is 0.0495. The van der Waals surface area contributed by atoms with E-state index in [1.807, 2.05) is 0 Å². The maximum absolute atomic E-state index is 5.66. The zero-order chi connectivity index (χ0) is 12.4. The summed E-state index contributed by atoms with van der Waals surface area (Å²) in [5, 5.41) is 7.42. The van der Waals surface area contributed by atoms with Crippen molar-refractivity contribution < 1.29 is 9.26 Å². The average Bonchev–Trinajstić information content (AvgIpc) is 3.09. The maximum atomic E-state index is 5.66. The van der Waals surface area contributed by atoms with E-state index in [2.05, 4.69) is 22.4 Å². The van der Waals surface area contributed by atoms with Crippen LogP contribution < -0.4 is 5.32 Å². The third kappa shape index (κ3) is 2.06. The Kier molecular flexibility index (Phi) is 3.35. The third-order valence-electron chi connectivity index (χ3n) is 4.35. The van der Waals surface area contributed by atoms with E-state index in [-0.39, 0.29) is 11.5 Å². The molecule has 0 spiro atoms. The van der Waals surface area contributed by atoms with E-state index < -0.39 is 0 Å². The van der Waals surface area contributed by atoms with Crippen molar-refractivity contribution in [1.29, 1.82) is 0 Å². The Bertz CT molecular complexity index is 393. The lowest BCUT2D eigenvalue weighted by Crippen LogP contribution is -2.34. The molecule has 0 amide bonds. The zero-order valence-corrected chi connectivity index (χ0v) is 10.9. The van der Waals surface area contributed by atoms with Crippen LogP contribution in [-0.2, 0) is 10.2 Å². The number of hydrogen-bond acceptors (Lipinski definition) is 5. The fraction of sp³-hybridized carbons (Fsp3) is 0.846. The van der Waals surface area contributed by atoms with Gasteiger partial charge in [-0.1, -0.05) is 24.9 Å². The van der Waals surface area contributed by atoms with E-state index in [0.717, 1.165) is 25.4 Å². The number of nitrogens with one attached hydrogen (secondary N) is 1. The monoisotopic (exact) mass is 251 g/mol. The van der Waals surface area contributed by atoms with Crippen molar-refractivity contribution in [2.75, 3.05) is 19.7 Å². The molecule has 0 radical (unpaired) electrons. The molecule has 1 aromatic rings. The zero-order valence-electron chi connectivity index (χ0n) is 10.9. The van der Waals surface area contributed by atoms with Crippen LogP contribution in [0.1, 0.15) is 56.8 Å². The Balaban J connectivity index is 1.79. The fourth-order valence-electron chi connectivity index (χ4n) is 3.08. The predicted molar refractivity (Wildman–Crippen MR) is 66.3 cm³/mol.